The first-order valence-electron chi connectivity index (χ1n) is 2.93. The zero-order valence-corrected chi connectivity index (χ0v) is 6.22. The number of nitrogens with zero attached hydrogens (tertiary/aromatic N) is 1. The van der Waals surface area contributed by atoms with Gasteiger partial charge in [-0.2, -0.15) is 0 Å². The summed E-state index contributed by atoms with van der Waals surface area (Å²) in [4.78, 5) is 11.7. The Morgan fingerprint density at radius 1 is 1.67 bits per heavy atom. The molecule has 0 saturated carbocycles. The Balaban J connectivity index is 3.95. The van der Waals surface area contributed by atoms with Crippen LogP contribution in [0.1, 0.15) is 13.8 Å². The number of nitrogens with two attached hydrogens (primary N) is 1. The quantitative estimate of drug-likeness (QED) is 0.538. The van der Waals surface area contributed by atoms with Crippen LogP contribution in [0.4, 0.5) is 0 Å². The van der Waals surface area contributed by atoms with Crippen LogP contribution in [0.5, 0.6) is 0 Å². The molecule has 0 radical (unpaired) electrons. The molecule has 0 bridgehead atoms. The lowest BCUT2D eigenvalue weighted by Gasteiger charge is -2.30. The molecule has 0 spiro atoms. The van der Waals surface area contributed by atoms with Crippen molar-refractivity contribution in [2.45, 2.75) is 19.4 Å². The Hall–Kier alpha value is -0.570. The first-order chi connectivity index (χ1) is 4.04. The molecule has 0 aromatic rings. The summed E-state index contributed by atoms with van der Waals surface area (Å²) in [6.07, 6.45) is 0.785. The Kier molecular flexibility index (Phi) is 2.65. The lowest BCUT2D eigenvalue weighted by molar-refractivity contribution is -0.120. The van der Waals surface area contributed by atoms with Gasteiger partial charge in [0.05, 0.1) is 0 Å². The maximum Gasteiger partial charge on any atom is 0.209 e. The second kappa shape index (κ2) is 2.82. The fourth-order valence-electron chi connectivity index (χ4n) is 0.287. The van der Waals surface area contributed by atoms with Gasteiger partial charge in [-0.15, -0.1) is 0 Å². The largest absolute Gasteiger partial charge is 0.342 e. The Labute approximate surface area is 55.8 Å². The van der Waals surface area contributed by atoms with Gasteiger partial charge in [-0.1, -0.05) is 0 Å². The predicted molar refractivity (Wildman–Crippen MR) is 37.0 cm³/mol. The van der Waals surface area contributed by atoms with E-state index < -0.39 is 0 Å². The van der Waals surface area contributed by atoms with Gasteiger partial charge in [0.25, 0.3) is 0 Å². The molecule has 0 aliphatic rings. The Morgan fingerprint density at radius 2 is 2.11 bits per heavy atom. The Bertz CT molecular complexity index is 101. The topological polar surface area (TPSA) is 46.3 Å². The summed E-state index contributed by atoms with van der Waals surface area (Å²) < 4.78 is 0. The zero-order valence-electron chi connectivity index (χ0n) is 6.22. The molecule has 9 heavy (non-hydrogen) atoms. The smallest absolute Gasteiger partial charge is 0.209 e. The van der Waals surface area contributed by atoms with E-state index >= 15 is 0 Å². The molecule has 2 N–H and O–H groups in total. The molecule has 0 unspecified atom stereocenters. The minimum Gasteiger partial charge on any atom is -0.342 e. The van der Waals surface area contributed by atoms with Crippen molar-refractivity contribution in [3.8, 4) is 0 Å². The van der Waals surface area contributed by atoms with Gasteiger partial charge >= 0.3 is 0 Å². The van der Waals surface area contributed by atoms with E-state index in [1.165, 1.54) is 0 Å². The highest BCUT2D eigenvalue weighted by atomic mass is 16.1. The molecule has 0 rings (SSSR count). The SMILES string of the molecule is CN(C=O)C(C)(C)CN. The van der Waals surface area contributed by atoms with Gasteiger partial charge in [-0.25, -0.2) is 0 Å². The highest BCUT2D eigenvalue weighted by molar-refractivity contribution is 5.48. The molecular weight excluding hydrogens is 116 g/mol. The van der Waals surface area contributed by atoms with E-state index in [1.807, 2.05) is 13.8 Å². The van der Waals surface area contributed by atoms with Crippen molar-refractivity contribution in [3.05, 3.63) is 0 Å². The number of carbonyl (C=O) groups excluding carboxylic acids is 1. The van der Waals surface area contributed by atoms with Crippen LogP contribution in [0.25, 0.3) is 0 Å². The van der Waals surface area contributed by atoms with Crippen LogP contribution in [0.2, 0.25) is 0 Å². The average molecular weight is 130 g/mol. The van der Waals surface area contributed by atoms with E-state index in [0.717, 1.165) is 6.41 Å². The third-order valence-electron chi connectivity index (χ3n) is 1.61. The predicted octanol–water partition coefficient (Wildman–Crippen LogP) is -0.188. The van der Waals surface area contributed by atoms with Gasteiger partial charge < -0.3 is 10.6 Å². The summed E-state index contributed by atoms with van der Waals surface area (Å²) in [7, 11) is 1.72. The van der Waals surface area contributed by atoms with Crippen LogP contribution in [0.3, 0.4) is 0 Å². The summed E-state index contributed by atoms with van der Waals surface area (Å²) in [5.41, 5.74) is 5.18. The van der Waals surface area contributed by atoms with Crippen LogP contribution in [0, 0.1) is 0 Å². The van der Waals surface area contributed by atoms with Crippen molar-refractivity contribution in [3.63, 3.8) is 0 Å². The van der Waals surface area contributed by atoms with E-state index in [0.29, 0.717) is 6.54 Å². The summed E-state index contributed by atoms with van der Waals surface area (Å²) >= 11 is 0. The molecule has 0 atom stereocenters. The second-order valence-corrected chi connectivity index (χ2v) is 2.73. The minimum atomic E-state index is -0.207. The van der Waals surface area contributed by atoms with Gasteiger partial charge in [0.1, 0.15) is 0 Å². The first-order valence-corrected chi connectivity index (χ1v) is 2.93. The molecular formula is C6H14N2O. The van der Waals surface area contributed by atoms with E-state index in [2.05, 4.69) is 0 Å². The standard InChI is InChI=1S/C6H14N2O/c1-6(2,4-7)8(3)5-9/h5H,4,7H2,1-3H3. The molecule has 0 saturated heterocycles. The van der Waals surface area contributed by atoms with Crippen molar-refractivity contribution in [2.75, 3.05) is 13.6 Å². The van der Waals surface area contributed by atoms with Crippen LogP contribution < -0.4 is 5.73 Å². The number of carbonyl (C=O) groups is 1. The molecule has 0 aromatic carbocycles. The molecule has 0 aliphatic carbocycles. The van der Waals surface area contributed by atoms with Crippen LogP contribution >= 0.6 is 0 Å². The molecule has 1 amide bonds. The fraction of sp³-hybridized carbons (Fsp3) is 0.833. The third-order valence-corrected chi connectivity index (χ3v) is 1.61. The lowest BCUT2D eigenvalue weighted by Crippen LogP contribution is -2.46. The van der Waals surface area contributed by atoms with Crippen LogP contribution in [-0.2, 0) is 4.79 Å². The number of hydrogen-bond donors (Lipinski definition) is 1. The molecule has 0 fully saturated rings. The molecule has 0 aliphatic heterocycles. The lowest BCUT2D eigenvalue weighted by atomic mass is 10.1. The fourth-order valence-corrected chi connectivity index (χ4v) is 0.287. The molecule has 0 heterocycles. The van der Waals surface area contributed by atoms with E-state index in [1.54, 1.807) is 11.9 Å². The van der Waals surface area contributed by atoms with Crippen molar-refractivity contribution in [2.24, 2.45) is 5.73 Å². The number of amides is 1. The van der Waals surface area contributed by atoms with Crippen molar-refractivity contribution >= 4 is 6.41 Å². The average Bonchev–Trinajstić information content (AvgIpc) is 1.86. The second-order valence-electron chi connectivity index (χ2n) is 2.73. The van der Waals surface area contributed by atoms with Crippen molar-refractivity contribution < 1.29 is 4.79 Å². The van der Waals surface area contributed by atoms with Crippen molar-refractivity contribution in [1.29, 1.82) is 0 Å². The minimum absolute atomic E-state index is 0.207. The van der Waals surface area contributed by atoms with E-state index in [-0.39, 0.29) is 5.54 Å². The summed E-state index contributed by atoms with van der Waals surface area (Å²) in [6.45, 7) is 4.32. The van der Waals surface area contributed by atoms with Crippen LogP contribution in [0.15, 0.2) is 0 Å². The van der Waals surface area contributed by atoms with Gasteiger partial charge in [0.2, 0.25) is 6.41 Å². The third kappa shape index (κ3) is 2.01. The number of rotatable bonds is 3. The van der Waals surface area contributed by atoms with Crippen molar-refractivity contribution in [1.82, 2.24) is 4.90 Å². The maximum absolute atomic E-state index is 10.2. The van der Waals surface area contributed by atoms with Crippen LogP contribution in [-0.4, -0.2) is 30.4 Å². The maximum atomic E-state index is 10.2. The van der Waals surface area contributed by atoms with Gasteiger partial charge in [-0.05, 0) is 13.8 Å². The Morgan fingerprint density at radius 3 is 2.22 bits per heavy atom. The normalized spacial score (nSPS) is 11.1. The first kappa shape index (κ1) is 8.43. The number of hydrogen-bond acceptors (Lipinski definition) is 2. The summed E-state index contributed by atoms with van der Waals surface area (Å²) in [6, 6.07) is 0. The zero-order chi connectivity index (χ0) is 7.49. The summed E-state index contributed by atoms with van der Waals surface area (Å²) in [5, 5.41) is 0. The monoisotopic (exact) mass is 130 g/mol. The van der Waals surface area contributed by atoms with E-state index in [9.17, 15) is 4.79 Å². The highest BCUT2D eigenvalue weighted by Crippen LogP contribution is 2.05. The van der Waals surface area contributed by atoms with E-state index in [4.69, 9.17) is 5.73 Å². The number of likely N-dealkylation sites (N-methyl/N-ethyl adjacent to an activating group) is 1. The molecule has 0 aromatic heterocycles. The molecule has 54 valence electrons. The molecule has 3 heteroatoms. The van der Waals surface area contributed by atoms with Gasteiger partial charge in [0.15, 0.2) is 0 Å². The highest BCUT2D eigenvalue weighted by Gasteiger charge is 2.19. The van der Waals surface area contributed by atoms with Gasteiger partial charge in [-0.3, -0.25) is 4.79 Å². The summed E-state index contributed by atoms with van der Waals surface area (Å²) in [5.74, 6) is 0. The van der Waals surface area contributed by atoms with Gasteiger partial charge in [0, 0.05) is 19.1 Å². The molecule has 3 nitrogen and oxygen atoms in total.